The molecule has 6 heteroatoms. The zero-order valence-corrected chi connectivity index (χ0v) is 36.8. The summed E-state index contributed by atoms with van der Waals surface area (Å²) in [6, 6.07) is 0. The summed E-state index contributed by atoms with van der Waals surface area (Å²) in [6.07, 6.45) is 57.9. The number of allylic oxidation sites excluding steroid dienone is 14. The molecule has 1 atom stereocenters. The van der Waals surface area contributed by atoms with Crippen molar-refractivity contribution in [3.63, 3.8) is 0 Å². The van der Waals surface area contributed by atoms with Crippen molar-refractivity contribution in [2.45, 2.75) is 207 Å². The van der Waals surface area contributed by atoms with Gasteiger partial charge in [0.2, 0.25) is 0 Å². The molecule has 0 rings (SSSR count). The zero-order valence-electron chi connectivity index (χ0n) is 36.8. The molecule has 0 aromatic carbocycles. The Bertz CT molecular complexity index is 1140. The standard InChI is InChI=1S/C51H84O6/c1-4-7-10-13-14-15-16-17-18-19-20-21-22-23-24-25-26-27-28-29-30-31-32-33-34-35-36-39-41-44-50(53)56-47-48(57-51(54)45-42-38-12-9-6-3)46-55-49(52)43-40-37-11-8-5-2/h7,10,14-15,17-18,20-21,23-24,26-27,29-30,48H,4-6,8-9,11-13,16,19,22,25,28,31-47H2,1-3H3/b10-7-,15-14-,18-17-,21-20-,24-23-,27-26-,30-29-. The highest BCUT2D eigenvalue weighted by molar-refractivity contribution is 5.71. The fourth-order valence-electron chi connectivity index (χ4n) is 5.95. The second-order valence-corrected chi connectivity index (χ2v) is 14.9. The van der Waals surface area contributed by atoms with Crippen LogP contribution in [0.25, 0.3) is 0 Å². The molecule has 324 valence electrons. The maximum atomic E-state index is 12.4. The first-order chi connectivity index (χ1) is 28.0. The predicted octanol–water partition coefficient (Wildman–Crippen LogP) is 14.9. The van der Waals surface area contributed by atoms with E-state index in [1.807, 2.05) is 0 Å². The molecule has 0 spiro atoms. The molecular weight excluding hydrogens is 709 g/mol. The molecule has 0 N–H and O–H groups in total. The van der Waals surface area contributed by atoms with Gasteiger partial charge in [-0.25, -0.2) is 0 Å². The highest BCUT2D eigenvalue weighted by Gasteiger charge is 2.19. The Morgan fingerprint density at radius 3 is 1.07 bits per heavy atom. The van der Waals surface area contributed by atoms with E-state index in [0.29, 0.717) is 19.3 Å². The normalized spacial score (nSPS) is 12.8. The number of hydrogen-bond acceptors (Lipinski definition) is 6. The van der Waals surface area contributed by atoms with Gasteiger partial charge in [0, 0.05) is 19.3 Å². The Hall–Kier alpha value is -3.41. The van der Waals surface area contributed by atoms with Crippen LogP contribution in [0.4, 0.5) is 0 Å². The van der Waals surface area contributed by atoms with Crippen molar-refractivity contribution in [3.8, 4) is 0 Å². The molecule has 0 bridgehead atoms. The number of rotatable bonds is 40. The van der Waals surface area contributed by atoms with E-state index in [2.05, 4.69) is 106 Å². The first-order valence-electron chi connectivity index (χ1n) is 23.1. The predicted molar refractivity (Wildman–Crippen MR) is 242 cm³/mol. The highest BCUT2D eigenvalue weighted by atomic mass is 16.6. The fourth-order valence-corrected chi connectivity index (χ4v) is 5.95. The van der Waals surface area contributed by atoms with Crippen LogP contribution < -0.4 is 0 Å². The molecule has 0 radical (unpaired) electrons. The summed E-state index contributed by atoms with van der Waals surface area (Å²) in [7, 11) is 0. The second-order valence-electron chi connectivity index (χ2n) is 14.9. The number of esters is 3. The summed E-state index contributed by atoms with van der Waals surface area (Å²) < 4.78 is 16.4. The lowest BCUT2D eigenvalue weighted by Gasteiger charge is -2.18. The van der Waals surface area contributed by atoms with E-state index in [1.165, 1.54) is 32.1 Å². The van der Waals surface area contributed by atoms with Gasteiger partial charge in [-0.2, -0.15) is 0 Å². The highest BCUT2D eigenvalue weighted by Crippen LogP contribution is 2.12. The number of hydrogen-bond donors (Lipinski definition) is 0. The molecule has 0 fully saturated rings. The summed E-state index contributed by atoms with van der Waals surface area (Å²) >= 11 is 0. The van der Waals surface area contributed by atoms with Gasteiger partial charge in [-0.3, -0.25) is 14.4 Å². The van der Waals surface area contributed by atoms with Gasteiger partial charge in [-0.1, -0.05) is 189 Å². The third-order valence-corrected chi connectivity index (χ3v) is 9.41. The quantitative estimate of drug-likeness (QED) is 0.0266. The summed E-state index contributed by atoms with van der Waals surface area (Å²) in [5.74, 6) is -0.930. The van der Waals surface area contributed by atoms with Crippen molar-refractivity contribution >= 4 is 17.9 Å². The Kier molecular flexibility index (Phi) is 42.6. The van der Waals surface area contributed by atoms with Gasteiger partial charge in [-0.15, -0.1) is 0 Å². The maximum Gasteiger partial charge on any atom is 0.306 e. The van der Waals surface area contributed by atoms with Gasteiger partial charge in [0.15, 0.2) is 6.10 Å². The average Bonchev–Trinajstić information content (AvgIpc) is 3.21. The van der Waals surface area contributed by atoms with Crippen LogP contribution in [0.15, 0.2) is 85.1 Å². The minimum atomic E-state index is -0.771. The topological polar surface area (TPSA) is 78.9 Å². The minimum Gasteiger partial charge on any atom is -0.462 e. The van der Waals surface area contributed by atoms with E-state index in [-0.39, 0.29) is 31.1 Å². The fraction of sp³-hybridized carbons (Fsp3) is 0.667. The van der Waals surface area contributed by atoms with E-state index in [9.17, 15) is 14.4 Å². The molecule has 0 saturated heterocycles. The van der Waals surface area contributed by atoms with E-state index in [1.54, 1.807) is 0 Å². The van der Waals surface area contributed by atoms with Crippen LogP contribution in [0, 0.1) is 0 Å². The summed E-state index contributed by atoms with van der Waals surface area (Å²) in [5.41, 5.74) is 0. The van der Waals surface area contributed by atoms with Crippen molar-refractivity contribution in [2.24, 2.45) is 0 Å². The van der Waals surface area contributed by atoms with Gasteiger partial charge < -0.3 is 14.2 Å². The molecule has 0 aromatic heterocycles. The van der Waals surface area contributed by atoms with Crippen molar-refractivity contribution in [1.82, 2.24) is 0 Å². The van der Waals surface area contributed by atoms with Crippen LogP contribution in [0.5, 0.6) is 0 Å². The van der Waals surface area contributed by atoms with Crippen molar-refractivity contribution < 1.29 is 28.6 Å². The average molecular weight is 793 g/mol. The largest absolute Gasteiger partial charge is 0.462 e. The molecule has 0 saturated carbocycles. The number of unbranched alkanes of at least 4 members (excludes halogenated alkanes) is 15. The van der Waals surface area contributed by atoms with E-state index >= 15 is 0 Å². The van der Waals surface area contributed by atoms with Crippen LogP contribution in [0.2, 0.25) is 0 Å². The molecule has 57 heavy (non-hydrogen) atoms. The molecule has 0 amide bonds. The second kappa shape index (κ2) is 45.3. The Morgan fingerprint density at radius 2 is 0.684 bits per heavy atom. The smallest absolute Gasteiger partial charge is 0.306 e. The summed E-state index contributed by atoms with van der Waals surface area (Å²) in [6.45, 7) is 6.31. The third-order valence-electron chi connectivity index (χ3n) is 9.41. The third kappa shape index (κ3) is 43.6. The Labute approximate surface area is 350 Å². The number of ether oxygens (including phenoxy) is 3. The van der Waals surface area contributed by atoms with Crippen LogP contribution in [0.3, 0.4) is 0 Å². The summed E-state index contributed by atoms with van der Waals surface area (Å²) in [5, 5.41) is 0. The van der Waals surface area contributed by atoms with E-state index in [0.717, 1.165) is 128 Å². The SMILES string of the molecule is CC/C=C\C/C=C\C/C=C\C/C=C\C/C=C\C/C=C\C/C=C\CCCCCCCCCC(=O)OCC(COC(=O)CCCCCCC)OC(=O)CCCCCCC. The van der Waals surface area contributed by atoms with Gasteiger partial charge in [0.25, 0.3) is 0 Å². The zero-order chi connectivity index (χ0) is 41.5. The first kappa shape index (κ1) is 53.6. The molecule has 0 aliphatic rings. The molecule has 6 nitrogen and oxygen atoms in total. The minimum absolute atomic E-state index is 0.0814. The lowest BCUT2D eigenvalue weighted by atomic mass is 10.1. The monoisotopic (exact) mass is 793 g/mol. The van der Waals surface area contributed by atoms with Crippen molar-refractivity contribution in [1.29, 1.82) is 0 Å². The van der Waals surface area contributed by atoms with Gasteiger partial charge >= 0.3 is 17.9 Å². The molecule has 0 heterocycles. The Morgan fingerprint density at radius 1 is 0.368 bits per heavy atom. The lowest BCUT2D eigenvalue weighted by Crippen LogP contribution is -2.30. The molecule has 0 aliphatic carbocycles. The molecule has 0 aliphatic heterocycles. The van der Waals surface area contributed by atoms with Crippen LogP contribution in [-0.2, 0) is 28.6 Å². The van der Waals surface area contributed by atoms with Crippen molar-refractivity contribution in [2.75, 3.05) is 13.2 Å². The van der Waals surface area contributed by atoms with E-state index < -0.39 is 6.10 Å². The lowest BCUT2D eigenvalue weighted by molar-refractivity contribution is -0.167. The van der Waals surface area contributed by atoms with Crippen LogP contribution in [0.1, 0.15) is 201 Å². The summed E-state index contributed by atoms with van der Waals surface area (Å²) in [4.78, 5) is 37.1. The maximum absolute atomic E-state index is 12.4. The van der Waals surface area contributed by atoms with Crippen LogP contribution in [-0.4, -0.2) is 37.2 Å². The van der Waals surface area contributed by atoms with E-state index in [4.69, 9.17) is 14.2 Å². The van der Waals surface area contributed by atoms with Gasteiger partial charge in [0.05, 0.1) is 0 Å². The van der Waals surface area contributed by atoms with Gasteiger partial charge in [0.1, 0.15) is 13.2 Å². The molecule has 1 unspecified atom stereocenters. The molecular formula is C51H84O6. The Balaban J connectivity index is 3.97. The molecule has 0 aromatic rings. The van der Waals surface area contributed by atoms with Crippen molar-refractivity contribution in [3.05, 3.63) is 85.1 Å². The number of carbonyl (C=O) groups excluding carboxylic acids is 3. The number of carbonyl (C=O) groups is 3. The first-order valence-corrected chi connectivity index (χ1v) is 23.1. The van der Waals surface area contributed by atoms with Crippen LogP contribution >= 0.6 is 0 Å². The van der Waals surface area contributed by atoms with Gasteiger partial charge in [-0.05, 0) is 77.0 Å².